The molecule has 1 amide bonds. The van der Waals surface area contributed by atoms with Crippen LogP contribution >= 0.6 is 11.5 Å². The summed E-state index contributed by atoms with van der Waals surface area (Å²) in [5.74, 6) is 1.43. The lowest BCUT2D eigenvalue weighted by atomic mass is 9.90. The standard InChI is InChI=1S/C22H30N6O2S/c1-6-17-19(26(5)20-23-14-24-31-20)28-13-16(7-8-18(28)25-17)15-9-11-27(12-10-15)21(29)30-22(2,3)4/h7-8,13-15H,6,9-12H2,1-5H3. The van der Waals surface area contributed by atoms with Gasteiger partial charge in [-0.15, -0.1) is 0 Å². The lowest BCUT2D eigenvalue weighted by Gasteiger charge is -2.33. The largest absolute Gasteiger partial charge is 0.444 e. The highest BCUT2D eigenvalue weighted by Gasteiger charge is 2.28. The molecule has 8 nitrogen and oxygen atoms in total. The number of amides is 1. The van der Waals surface area contributed by atoms with Gasteiger partial charge in [-0.05, 0) is 57.6 Å². The summed E-state index contributed by atoms with van der Waals surface area (Å²) in [6.45, 7) is 9.24. The van der Waals surface area contributed by atoms with E-state index in [1.807, 2.05) is 32.7 Å². The SMILES string of the molecule is CCc1nc2ccc(C3CCN(C(=O)OC(C)(C)C)CC3)cn2c1N(C)c1ncns1. The fourth-order valence-electron chi connectivity index (χ4n) is 4.06. The maximum Gasteiger partial charge on any atom is 0.410 e. The maximum atomic E-state index is 12.4. The van der Waals surface area contributed by atoms with Gasteiger partial charge in [-0.2, -0.15) is 4.37 Å². The molecule has 3 aromatic heterocycles. The van der Waals surface area contributed by atoms with Crippen molar-refractivity contribution in [1.29, 1.82) is 0 Å². The number of pyridine rings is 1. The van der Waals surface area contributed by atoms with Crippen LogP contribution in [0.5, 0.6) is 0 Å². The molecule has 0 bridgehead atoms. The number of piperidine rings is 1. The van der Waals surface area contributed by atoms with Crippen LogP contribution in [-0.2, 0) is 11.2 Å². The smallest absolute Gasteiger partial charge is 0.410 e. The van der Waals surface area contributed by atoms with Gasteiger partial charge in [-0.1, -0.05) is 13.0 Å². The normalized spacial score (nSPS) is 15.5. The van der Waals surface area contributed by atoms with E-state index in [1.165, 1.54) is 17.1 Å². The first kappa shape index (κ1) is 21.5. The third kappa shape index (κ3) is 4.51. The van der Waals surface area contributed by atoms with Gasteiger partial charge < -0.3 is 14.5 Å². The molecule has 0 aromatic carbocycles. The van der Waals surface area contributed by atoms with Crippen LogP contribution < -0.4 is 4.90 Å². The Morgan fingerprint density at radius 2 is 2.03 bits per heavy atom. The molecule has 0 radical (unpaired) electrons. The van der Waals surface area contributed by atoms with E-state index in [2.05, 4.69) is 43.9 Å². The highest BCUT2D eigenvalue weighted by molar-refractivity contribution is 7.09. The number of carbonyl (C=O) groups is 1. The summed E-state index contributed by atoms with van der Waals surface area (Å²) in [6.07, 6.45) is 6.23. The van der Waals surface area contributed by atoms with Crippen LogP contribution in [0.1, 0.15) is 57.7 Å². The number of likely N-dealkylation sites (tertiary alicyclic amines) is 1. The molecule has 0 saturated carbocycles. The number of fused-ring (bicyclic) bond motifs is 1. The highest BCUT2D eigenvalue weighted by Crippen LogP contribution is 2.33. The van der Waals surface area contributed by atoms with E-state index in [4.69, 9.17) is 9.72 Å². The van der Waals surface area contributed by atoms with E-state index >= 15 is 0 Å². The van der Waals surface area contributed by atoms with Crippen molar-refractivity contribution in [3.05, 3.63) is 35.9 Å². The van der Waals surface area contributed by atoms with E-state index in [0.29, 0.717) is 19.0 Å². The number of carbonyl (C=O) groups excluding carboxylic acids is 1. The van der Waals surface area contributed by atoms with E-state index in [-0.39, 0.29) is 6.09 Å². The van der Waals surface area contributed by atoms with Gasteiger partial charge in [0.1, 0.15) is 23.4 Å². The maximum absolute atomic E-state index is 12.4. The summed E-state index contributed by atoms with van der Waals surface area (Å²) in [4.78, 5) is 25.4. The predicted molar refractivity (Wildman–Crippen MR) is 122 cm³/mol. The molecule has 1 aliphatic rings. The minimum atomic E-state index is -0.466. The number of ether oxygens (including phenoxy) is 1. The molecule has 1 saturated heterocycles. The van der Waals surface area contributed by atoms with Crippen LogP contribution in [0.4, 0.5) is 15.7 Å². The fourth-order valence-corrected chi connectivity index (χ4v) is 4.55. The summed E-state index contributed by atoms with van der Waals surface area (Å²) in [7, 11) is 2.01. The van der Waals surface area contributed by atoms with E-state index in [1.54, 1.807) is 6.33 Å². The summed E-state index contributed by atoms with van der Waals surface area (Å²) < 4.78 is 11.8. The first-order valence-corrected chi connectivity index (χ1v) is 11.5. The number of rotatable bonds is 4. The van der Waals surface area contributed by atoms with Crippen molar-refractivity contribution in [2.24, 2.45) is 0 Å². The summed E-state index contributed by atoms with van der Waals surface area (Å²) in [6, 6.07) is 4.26. The van der Waals surface area contributed by atoms with Crippen molar-refractivity contribution in [2.75, 3.05) is 25.0 Å². The molecule has 4 rings (SSSR count). The molecular formula is C22H30N6O2S. The first-order chi connectivity index (χ1) is 14.8. The van der Waals surface area contributed by atoms with Crippen molar-refractivity contribution >= 4 is 34.2 Å². The molecule has 9 heteroatoms. The Bertz CT molecular complexity index is 1050. The first-order valence-electron chi connectivity index (χ1n) is 10.8. The number of aryl methyl sites for hydroxylation is 1. The lowest BCUT2D eigenvalue weighted by molar-refractivity contribution is 0.0205. The third-order valence-corrected chi connectivity index (χ3v) is 6.34. The second-order valence-corrected chi connectivity index (χ2v) is 9.71. The van der Waals surface area contributed by atoms with Crippen molar-refractivity contribution in [3.8, 4) is 0 Å². The summed E-state index contributed by atoms with van der Waals surface area (Å²) in [5, 5.41) is 0.840. The zero-order valence-corrected chi connectivity index (χ0v) is 19.6. The van der Waals surface area contributed by atoms with Gasteiger partial charge in [0.2, 0.25) is 5.13 Å². The Kier molecular flexibility index (Phi) is 5.88. The van der Waals surface area contributed by atoms with Crippen LogP contribution in [0.3, 0.4) is 0 Å². The van der Waals surface area contributed by atoms with Crippen molar-refractivity contribution < 1.29 is 9.53 Å². The number of hydrogen-bond donors (Lipinski definition) is 0. The van der Waals surface area contributed by atoms with Crippen LogP contribution in [-0.4, -0.2) is 55.5 Å². The fraction of sp³-hybridized carbons (Fsp3) is 0.545. The Balaban J connectivity index is 1.56. The second-order valence-electron chi connectivity index (χ2n) is 8.95. The number of aromatic nitrogens is 4. The topological polar surface area (TPSA) is 75.9 Å². The van der Waals surface area contributed by atoms with E-state index in [9.17, 15) is 4.79 Å². The molecule has 1 fully saturated rings. The van der Waals surface area contributed by atoms with Crippen LogP contribution in [0.2, 0.25) is 0 Å². The molecule has 0 N–H and O–H groups in total. The molecule has 0 spiro atoms. The highest BCUT2D eigenvalue weighted by atomic mass is 32.1. The van der Waals surface area contributed by atoms with Gasteiger partial charge in [0.05, 0.1) is 5.69 Å². The van der Waals surface area contributed by atoms with Crippen LogP contribution in [0, 0.1) is 0 Å². The average Bonchev–Trinajstić information content (AvgIpc) is 3.39. The van der Waals surface area contributed by atoms with E-state index in [0.717, 1.165) is 41.6 Å². The van der Waals surface area contributed by atoms with Gasteiger partial charge in [-0.25, -0.2) is 14.8 Å². The molecule has 166 valence electrons. The van der Waals surface area contributed by atoms with Crippen molar-refractivity contribution in [2.45, 2.75) is 58.5 Å². The molecule has 3 aromatic rings. The minimum Gasteiger partial charge on any atom is -0.444 e. The quantitative estimate of drug-likeness (QED) is 0.586. The predicted octanol–water partition coefficient (Wildman–Crippen LogP) is 4.63. The van der Waals surface area contributed by atoms with Crippen LogP contribution in [0.15, 0.2) is 24.7 Å². The molecule has 0 atom stereocenters. The monoisotopic (exact) mass is 442 g/mol. The Labute approximate surface area is 187 Å². The van der Waals surface area contributed by atoms with Gasteiger partial charge in [0, 0.05) is 37.9 Å². The molecule has 1 aliphatic heterocycles. The second kappa shape index (κ2) is 8.45. The molecular weight excluding hydrogens is 412 g/mol. The minimum absolute atomic E-state index is 0.218. The van der Waals surface area contributed by atoms with Gasteiger partial charge in [-0.3, -0.25) is 4.40 Å². The number of anilines is 2. The Morgan fingerprint density at radius 1 is 1.29 bits per heavy atom. The summed E-state index contributed by atoms with van der Waals surface area (Å²) in [5.41, 5.74) is 2.77. The van der Waals surface area contributed by atoms with Gasteiger partial charge in [0.15, 0.2) is 0 Å². The Hall–Kier alpha value is -2.68. The summed E-state index contributed by atoms with van der Waals surface area (Å²) >= 11 is 1.37. The molecule has 0 aliphatic carbocycles. The molecule has 0 unspecified atom stereocenters. The molecule has 31 heavy (non-hydrogen) atoms. The number of hydrogen-bond acceptors (Lipinski definition) is 7. The third-order valence-electron chi connectivity index (χ3n) is 5.59. The number of nitrogens with zero attached hydrogens (tertiary/aromatic N) is 6. The average molecular weight is 443 g/mol. The van der Waals surface area contributed by atoms with Gasteiger partial charge in [0.25, 0.3) is 0 Å². The zero-order chi connectivity index (χ0) is 22.2. The van der Waals surface area contributed by atoms with E-state index < -0.39 is 5.60 Å². The Morgan fingerprint density at radius 3 is 2.65 bits per heavy atom. The zero-order valence-electron chi connectivity index (χ0n) is 18.8. The lowest BCUT2D eigenvalue weighted by Crippen LogP contribution is -2.41. The number of imidazole rings is 1. The van der Waals surface area contributed by atoms with Crippen molar-refractivity contribution in [3.63, 3.8) is 0 Å². The van der Waals surface area contributed by atoms with Gasteiger partial charge >= 0.3 is 6.09 Å². The molecule has 4 heterocycles. The van der Waals surface area contributed by atoms with Crippen molar-refractivity contribution in [1.82, 2.24) is 23.6 Å². The van der Waals surface area contributed by atoms with Crippen LogP contribution in [0.25, 0.3) is 5.65 Å².